The molecule has 174 valence electrons. The highest BCUT2D eigenvalue weighted by Gasteiger charge is 2.27. The minimum atomic E-state index is -0.908. The molecule has 0 aromatic carbocycles. The fourth-order valence-electron chi connectivity index (χ4n) is 4.35. The number of nitrogens with zero attached hydrogens (tertiary/aromatic N) is 2. The van der Waals surface area contributed by atoms with Crippen molar-refractivity contribution in [1.29, 1.82) is 0 Å². The lowest BCUT2D eigenvalue weighted by Crippen LogP contribution is -2.42. The molecule has 2 aromatic rings. The first kappa shape index (κ1) is 23.6. The maximum Gasteiger partial charge on any atom is 0.325 e. The van der Waals surface area contributed by atoms with Crippen molar-refractivity contribution in [3.05, 3.63) is 29.6 Å². The number of amides is 1. The summed E-state index contributed by atoms with van der Waals surface area (Å²) in [5.41, 5.74) is 1.78. The number of carbonyl (C=O) groups excluding carboxylic acids is 2. The van der Waals surface area contributed by atoms with Crippen molar-refractivity contribution in [1.82, 2.24) is 14.7 Å². The van der Waals surface area contributed by atoms with Gasteiger partial charge in [0.1, 0.15) is 18.0 Å². The summed E-state index contributed by atoms with van der Waals surface area (Å²) in [5.74, 6) is -0.689. The number of hydrogen-bond donors (Lipinski definition) is 3. The molecule has 1 unspecified atom stereocenters. The Morgan fingerprint density at radius 1 is 1.25 bits per heavy atom. The number of carboxylic acids is 1. The average Bonchev–Trinajstić information content (AvgIpc) is 3.14. The van der Waals surface area contributed by atoms with Crippen molar-refractivity contribution in [3.8, 4) is 0 Å². The van der Waals surface area contributed by atoms with Crippen LogP contribution >= 0.6 is 0 Å². The smallest absolute Gasteiger partial charge is 0.325 e. The summed E-state index contributed by atoms with van der Waals surface area (Å²) in [6.45, 7) is 4.06. The predicted octanol–water partition coefficient (Wildman–Crippen LogP) is 3.03. The molecule has 3 N–H and O–H groups in total. The molecular weight excluding hydrogens is 412 g/mol. The topological polar surface area (TPSA) is 122 Å². The molecule has 0 radical (unpaired) electrons. The van der Waals surface area contributed by atoms with E-state index in [4.69, 9.17) is 4.74 Å². The highest BCUT2D eigenvalue weighted by Crippen LogP contribution is 2.28. The largest absolute Gasteiger partial charge is 0.481 e. The zero-order valence-electron chi connectivity index (χ0n) is 18.7. The molecule has 0 bridgehead atoms. The molecule has 1 fully saturated rings. The van der Waals surface area contributed by atoms with Gasteiger partial charge < -0.3 is 20.5 Å². The maximum atomic E-state index is 13.0. The van der Waals surface area contributed by atoms with Gasteiger partial charge >= 0.3 is 11.9 Å². The number of aryl methyl sites for hydroxylation is 1. The van der Waals surface area contributed by atoms with Gasteiger partial charge in [-0.3, -0.25) is 18.8 Å². The molecule has 2 heterocycles. The molecule has 2 aromatic heterocycles. The van der Waals surface area contributed by atoms with Crippen LogP contribution in [-0.2, 0) is 20.7 Å². The van der Waals surface area contributed by atoms with Crippen LogP contribution in [0, 0.1) is 5.92 Å². The van der Waals surface area contributed by atoms with Gasteiger partial charge in [-0.1, -0.05) is 26.2 Å². The molecule has 0 spiro atoms. The van der Waals surface area contributed by atoms with Crippen molar-refractivity contribution >= 4 is 29.3 Å². The summed E-state index contributed by atoms with van der Waals surface area (Å²) in [7, 11) is 0. The second-order valence-electron chi connectivity index (χ2n) is 8.14. The van der Waals surface area contributed by atoms with Gasteiger partial charge in [0.15, 0.2) is 0 Å². The highest BCUT2D eigenvalue weighted by atomic mass is 16.5. The lowest BCUT2D eigenvalue weighted by molar-refractivity contribution is -0.141. The van der Waals surface area contributed by atoms with Gasteiger partial charge in [-0.15, -0.1) is 0 Å². The van der Waals surface area contributed by atoms with E-state index in [-0.39, 0.29) is 36.8 Å². The number of carbonyl (C=O) groups is 3. The predicted molar refractivity (Wildman–Crippen MR) is 120 cm³/mol. The van der Waals surface area contributed by atoms with Gasteiger partial charge in [-0.25, -0.2) is 4.98 Å². The lowest BCUT2D eigenvalue weighted by Gasteiger charge is -2.30. The van der Waals surface area contributed by atoms with Crippen LogP contribution in [0.25, 0.3) is 5.65 Å². The first-order chi connectivity index (χ1) is 15.4. The van der Waals surface area contributed by atoms with Gasteiger partial charge in [0.25, 0.3) is 5.91 Å². The third-order valence-electron chi connectivity index (χ3n) is 5.93. The van der Waals surface area contributed by atoms with Crippen LogP contribution < -0.4 is 10.6 Å². The molecule has 0 saturated heterocycles. The number of fused-ring (bicyclic) bond motifs is 1. The number of esters is 1. The fraction of sp³-hybridized carbons (Fsp3) is 0.565. The standard InChI is InChI=1S/C23H32N4O5/c1-3-17-22(24-14-21(30)32-4-2)27-11-10-16(12-19(27)25-17)23(31)26-18(13-20(28)29)15-8-6-5-7-9-15/h10-12,15,18,24H,3-9,13-14H2,1-2H3,(H,26,31)(H,28,29). The summed E-state index contributed by atoms with van der Waals surface area (Å²) in [5, 5.41) is 15.4. The number of carboxylic acid groups (broad SMARTS) is 1. The van der Waals surface area contributed by atoms with E-state index in [9.17, 15) is 19.5 Å². The first-order valence-electron chi connectivity index (χ1n) is 11.4. The van der Waals surface area contributed by atoms with Gasteiger partial charge in [0.05, 0.1) is 18.7 Å². The molecule has 32 heavy (non-hydrogen) atoms. The molecule has 1 atom stereocenters. The van der Waals surface area contributed by atoms with E-state index in [1.54, 1.807) is 29.7 Å². The second kappa shape index (κ2) is 11.0. The zero-order valence-corrected chi connectivity index (χ0v) is 18.7. The Kier molecular flexibility index (Phi) is 8.08. The van der Waals surface area contributed by atoms with E-state index < -0.39 is 5.97 Å². The minimum Gasteiger partial charge on any atom is -0.481 e. The highest BCUT2D eigenvalue weighted by molar-refractivity contribution is 5.95. The van der Waals surface area contributed by atoms with Crippen molar-refractivity contribution < 1.29 is 24.2 Å². The number of aromatic nitrogens is 2. The maximum absolute atomic E-state index is 13.0. The third-order valence-corrected chi connectivity index (χ3v) is 5.93. The molecule has 1 aliphatic rings. The first-order valence-corrected chi connectivity index (χ1v) is 11.4. The third kappa shape index (κ3) is 5.77. The number of ether oxygens (including phenoxy) is 1. The molecule has 1 aliphatic carbocycles. The summed E-state index contributed by atoms with van der Waals surface area (Å²) in [4.78, 5) is 40.6. The monoisotopic (exact) mass is 444 g/mol. The van der Waals surface area contributed by atoms with Crippen LogP contribution in [0.5, 0.6) is 0 Å². The Hall–Kier alpha value is -3.10. The molecular formula is C23H32N4O5. The number of anilines is 1. The van der Waals surface area contributed by atoms with E-state index >= 15 is 0 Å². The Balaban J connectivity index is 1.78. The van der Waals surface area contributed by atoms with Crippen LogP contribution in [-0.4, -0.2) is 51.5 Å². The number of nitrogens with one attached hydrogen (secondary N) is 2. The van der Waals surface area contributed by atoms with Crippen molar-refractivity contribution in [3.63, 3.8) is 0 Å². The summed E-state index contributed by atoms with van der Waals surface area (Å²) in [6, 6.07) is 2.98. The Morgan fingerprint density at radius 2 is 2.00 bits per heavy atom. The quantitative estimate of drug-likeness (QED) is 0.482. The van der Waals surface area contributed by atoms with E-state index in [2.05, 4.69) is 15.6 Å². The minimum absolute atomic E-state index is 0.0229. The summed E-state index contributed by atoms with van der Waals surface area (Å²) >= 11 is 0. The van der Waals surface area contributed by atoms with Gasteiger partial charge in [-0.05, 0) is 44.2 Å². The van der Waals surface area contributed by atoms with Gasteiger partial charge in [0.2, 0.25) is 0 Å². The molecule has 0 aliphatic heterocycles. The van der Waals surface area contributed by atoms with E-state index in [1.807, 2.05) is 6.92 Å². The lowest BCUT2D eigenvalue weighted by atomic mass is 9.82. The average molecular weight is 445 g/mol. The Bertz CT molecular complexity index is 965. The second-order valence-corrected chi connectivity index (χ2v) is 8.14. The molecule has 3 rings (SSSR count). The number of aliphatic carboxylic acids is 1. The number of imidazole rings is 1. The van der Waals surface area contributed by atoms with Crippen LogP contribution in [0.1, 0.15) is 68.4 Å². The normalized spacial score (nSPS) is 15.3. The number of pyridine rings is 1. The van der Waals surface area contributed by atoms with Crippen molar-refractivity contribution in [2.45, 2.75) is 64.8 Å². The van der Waals surface area contributed by atoms with E-state index in [0.717, 1.165) is 37.8 Å². The molecule has 1 amide bonds. The SMILES string of the molecule is CCOC(=O)CNc1c(CC)nc2cc(C(=O)NC(CC(=O)O)C3CCCCC3)ccn12. The summed E-state index contributed by atoms with van der Waals surface area (Å²) < 4.78 is 6.76. The van der Waals surface area contributed by atoms with Gasteiger partial charge in [-0.2, -0.15) is 0 Å². The Labute approximate surface area is 187 Å². The van der Waals surface area contributed by atoms with E-state index in [1.165, 1.54) is 0 Å². The number of rotatable bonds is 10. The molecule has 1 saturated carbocycles. The van der Waals surface area contributed by atoms with Crippen LogP contribution in [0.3, 0.4) is 0 Å². The van der Waals surface area contributed by atoms with Crippen LogP contribution in [0.4, 0.5) is 5.82 Å². The fourth-order valence-corrected chi connectivity index (χ4v) is 4.35. The van der Waals surface area contributed by atoms with Crippen LogP contribution in [0.2, 0.25) is 0 Å². The van der Waals surface area contributed by atoms with Gasteiger partial charge in [0, 0.05) is 17.8 Å². The van der Waals surface area contributed by atoms with Crippen molar-refractivity contribution in [2.24, 2.45) is 5.92 Å². The zero-order chi connectivity index (χ0) is 23.1. The summed E-state index contributed by atoms with van der Waals surface area (Å²) in [6.07, 6.45) is 7.47. The molecule has 9 heteroatoms. The van der Waals surface area contributed by atoms with Crippen LogP contribution in [0.15, 0.2) is 18.3 Å². The molecule has 9 nitrogen and oxygen atoms in total. The number of hydrogen-bond acceptors (Lipinski definition) is 6. The van der Waals surface area contributed by atoms with E-state index in [0.29, 0.717) is 30.1 Å². The van der Waals surface area contributed by atoms with Crippen molar-refractivity contribution in [2.75, 3.05) is 18.5 Å². The Morgan fingerprint density at radius 3 is 2.66 bits per heavy atom.